The lowest BCUT2D eigenvalue weighted by molar-refractivity contribution is -0.143. The standard InChI is InChI=1S/C15H28F2O2S/c1-4-9-13(14(18)19-11-5-2)20-12-8-7-10-15(16,17)6-3/h13H,4-12H2,1-3H3. The van der Waals surface area contributed by atoms with Crippen LogP contribution < -0.4 is 0 Å². The van der Waals surface area contributed by atoms with Gasteiger partial charge in [0, 0.05) is 12.8 Å². The smallest absolute Gasteiger partial charge is 0.319 e. The lowest BCUT2D eigenvalue weighted by Gasteiger charge is -2.16. The molecule has 0 aromatic rings. The first-order chi connectivity index (χ1) is 9.46. The predicted octanol–water partition coefficient (Wildman–Crippen LogP) is 5.06. The molecule has 0 aliphatic heterocycles. The van der Waals surface area contributed by atoms with Crippen molar-refractivity contribution < 1.29 is 18.3 Å². The first kappa shape index (κ1) is 19.7. The summed E-state index contributed by atoms with van der Waals surface area (Å²) in [6, 6.07) is 0. The molecule has 0 bridgehead atoms. The summed E-state index contributed by atoms with van der Waals surface area (Å²) in [6.45, 7) is 5.96. The van der Waals surface area contributed by atoms with E-state index in [1.807, 2.05) is 13.8 Å². The third-order valence-corrected chi connectivity index (χ3v) is 4.39. The minimum absolute atomic E-state index is 0.0528. The van der Waals surface area contributed by atoms with Crippen molar-refractivity contribution in [2.24, 2.45) is 0 Å². The van der Waals surface area contributed by atoms with Crippen LogP contribution in [0.25, 0.3) is 0 Å². The molecule has 120 valence electrons. The number of thioether (sulfide) groups is 1. The summed E-state index contributed by atoms with van der Waals surface area (Å²) in [5, 5.41) is -0.141. The first-order valence-electron chi connectivity index (χ1n) is 7.62. The van der Waals surface area contributed by atoms with Crippen LogP contribution in [0.2, 0.25) is 0 Å². The Labute approximate surface area is 126 Å². The maximum atomic E-state index is 13.0. The van der Waals surface area contributed by atoms with Crippen LogP contribution in [0.4, 0.5) is 8.78 Å². The van der Waals surface area contributed by atoms with Gasteiger partial charge in [0.15, 0.2) is 0 Å². The number of carbonyl (C=O) groups is 1. The number of halogens is 2. The summed E-state index contributed by atoms with van der Waals surface area (Å²) in [4.78, 5) is 11.8. The average molecular weight is 310 g/mol. The summed E-state index contributed by atoms with van der Waals surface area (Å²) in [7, 11) is 0. The van der Waals surface area contributed by atoms with E-state index in [-0.39, 0.29) is 24.1 Å². The quantitative estimate of drug-likeness (QED) is 0.372. The molecule has 5 heteroatoms. The minimum Gasteiger partial charge on any atom is -0.465 e. The van der Waals surface area contributed by atoms with Crippen LogP contribution in [0.5, 0.6) is 0 Å². The third kappa shape index (κ3) is 9.56. The van der Waals surface area contributed by atoms with E-state index in [4.69, 9.17) is 4.74 Å². The van der Waals surface area contributed by atoms with Gasteiger partial charge in [-0.2, -0.15) is 0 Å². The molecule has 0 fully saturated rings. The molecule has 0 aliphatic carbocycles. The Kier molecular flexibility index (Phi) is 11.2. The summed E-state index contributed by atoms with van der Waals surface area (Å²) >= 11 is 1.54. The highest BCUT2D eigenvalue weighted by molar-refractivity contribution is 8.00. The highest BCUT2D eigenvalue weighted by atomic mass is 32.2. The molecule has 0 radical (unpaired) electrons. The fraction of sp³-hybridized carbons (Fsp3) is 0.933. The Morgan fingerprint density at radius 2 is 1.90 bits per heavy atom. The molecule has 0 rings (SSSR count). The van der Waals surface area contributed by atoms with Gasteiger partial charge in [0.2, 0.25) is 5.92 Å². The minimum atomic E-state index is -2.53. The Hall–Kier alpha value is -0.320. The topological polar surface area (TPSA) is 26.3 Å². The fourth-order valence-electron chi connectivity index (χ4n) is 1.72. The molecular weight excluding hydrogens is 282 g/mol. The van der Waals surface area contributed by atoms with Crippen LogP contribution in [0.3, 0.4) is 0 Å². The number of rotatable bonds is 12. The number of alkyl halides is 2. The monoisotopic (exact) mass is 310 g/mol. The van der Waals surface area contributed by atoms with Crippen molar-refractivity contribution in [1.82, 2.24) is 0 Å². The number of unbranched alkanes of at least 4 members (excludes halogenated alkanes) is 1. The average Bonchev–Trinajstić information content (AvgIpc) is 2.43. The van der Waals surface area contributed by atoms with Crippen LogP contribution in [-0.2, 0) is 9.53 Å². The van der Waals surface area contributed by atoms with Gasteiger partial charge in [-0.1, -0.05) is 27.2 Å². The largest absolute Gasteiger partial charge is 0.465 e. The first-order valence-corrected chi connectivity index (χ1v) is 8.67. The summed E-state index contributed by atoms with van der Waals surface area (Å²) in [6.07, 6.45) is 3.62. The van der Waals surface area contributed by atoms with Gasteiger partial charge >= 0.3 is 5.97 Å². The van der Waals surface area contributed by atoms with Gasteiger partial charge in [0.1, 0.15) is 5.25 Å². The van der Waals surface area contributed by atoms with Crippen LogP contribution in [0, 0.1) is 0 Å². The van der Waals surface area contributed by atoms with Crippen LogP contribution in [-0.4, -0.2) is 29.5 Å². The summed E-state index contributed by atoms with van der Waals surface area (Å²) in [5.41, 5.74) is 0. The van der Waals surface area contributed by atoms with E-state index in [1.165, 1.54) is 6.92 Å². The molecule has 0 heterocycles. The van der Waals surface area contributed by atoms with E-state index in [9.17, 15) is 13.6 Å². The molecule has 0 spiro atoms. The lowest BCUT2D eigenvalue weighted by atomic mass is 10.1. The fourth-order valence-corrected chi connectivity index (χ4v) is 2.98. The predicted molar refractivity (Wildman–Crippen MR) is 81.5 cm³/mol. The number of carbonyl (C=O) groups excluding carboxylic acids is 1. The molecule has 0 saturated carbocycles. The van der Waals surface area contributed by atoms with Crippen molar-refractivity contribution in [3.8, 4) is 0 Å². The van der Waals surface area contributed by atoms with Crippen LogP contribution in [0.15, 0.2) is 0 Å². The summed E-state index contributed by atoms with van der Waals surface area (Å²) < 4.78 is 31.2. The molecule has 2 nitrogen and oxygen atoms in total. The second kappa shape index (κ2) is 11.4. The van der Waals surface area contributed by atoms with Gasteiger partial charge in [-0.25, -0.2) is 8.78 Å². The molecule has 0 amide bonds. The zero-order chi connectivity index (χ0) is 15.4. The number of hydrogen-bond acceptors (Lipinski definition) is 3. The molecule has 1 unspecified atom stereocenters. The maximum absolute atomic E-state index is 13.0. The van der Waals surface area contributed by atoms with Gasteiger partial charge in [0.25, 0.3) is 0 Å². The van der Waals surface area contributed by atoms with Crippen molar-refractivity contribution >= 4 is 17.7 Å². The molecular formula is C15H28F2O2S. The Morgan fingerprint density at radius 3 is 2.45 bits per heavy atom. The van der Waals surface area contributed by atoms with Gasteiger partial charge in [0.05, 0.1) is 6.61 Å². The highest BCUT2D eigenvalue weighted by Gasteiger charge is 2.25. The van der Waals surface area contributed by atoms with Crippen LogP contribution >= 0.6 is 11.8 Å². The van der Waals surface area contributed by atoms with Gasteiger partial charge < -0.3 is 4.74 Å². The Bertz CT molecular complexity index is 260. The van der Waals surface area contributed by atoms with E-state index in [2.05, 4.69) is 0 Å². The molecule has 0 aromatic heterocycles. The van der Waals surface area contributed by atoms with E-state index >= 15 is 0 Å². The molecule has 0 saturated heterocycles. The SMILES string of the molecule is CCCOC(=O)C(CCC)SCCCCC(F)(F)CC. The second-order valence-electron chi connectivity index (χ2n) is 4.98. The van der Waals surface area contributed by atoms with Crippen molar-refractivity contribution in [2.45, 2.75) is 76.9 Å². The normalized spacial score (nSPS) is 13.2. The lowest BCUT2D eigenvalue weighted by Crippen LogP contribution is -2.21. The molecule has 1 atom stereocenters. The van der Waals surface area contributed by atoms with Crippen molar-refractivity contribution in [3.05, 3.63) is 0 Å². The van der Waals surface area contributed by atoms with E-state index in [0.717, 1.165) is 31.4 Å². The summed E-state index contributed by atoms with van der Waals surface area (Å²) in [5.74, 6) is -1.95. The van der Waals surface area contributed by atoms with E-state index in [0.29, 0.717) is 13.0 Å². The van der Waals surface area contributed by atoms with Crippen molar-refractivity contribution in [2.75, 3.05) is 12.4 Å². The Morgan fingerprint density at radius 1 is 1.20 bits per heavy atom. The number of ether oxygens (including phenoxy) is 1. The third-order valence-electron chi connectivity index (χ3n) is 3.04. The van der Waals surface area contributed by atoms with Crippen molar-refractivity contribution in [1.29, 1.82) is 0 Å². The molecule has 0 aliphatic rings. The number of hydrogen-bond donors (Lipinski definition) is 0. The molecule has 0 aromatic carbocycles. The van der Waals surface area contributed by atoms with Gasteiger partial charge in [-0.3, -0.25) is 4.79 Å². The molecule has 20 heavy (non-hydrogen) atoms. The molecule has 0 N–H and O–H groups in total. The zero-order valence-corrected chi connectivity index (χ0v) is 13.7. The number of esters is 1. The van der Waals surface area contributed by atoms with Crippen LogP contribution in [0.1, 0.15) is 65.7 Å². The zero-order valence-electron chi connectivity index (χ0n) is 12.9. The van der Waals surface area contributed by atoms with Gasteiger partial charge in [-0.15, -0.1) is 11.8 Å². The Balaban J connectivity index is 3.88. The second-order valence-corrected chi connectivity index (χ2v) is 6.29. The van der Waals surface area contributed by atoms with Gasteiger partial charge in [-0.05, 0) is 31.4 Å². The highest BCUT2D eigenvalue weighted by Crippen LogP contribution is 2.26. The van der Waals surface area contributed by atoms with Crippen molar-refractivity contribution in [3.63, 3.8) is 0 Å². The van der Waals surface area contributed by atoms with E-state index in [1.54, 1.807) is 11.8 Å². The van der Waals surface area contributed by atoms with E-state index < -0.39 is 5.92 Å². The maximum Gasteiger partial charge on any atom is 0.319 e.